The molecule has 16 nitrogen and oxygen atoms in total. The lowest BCUT2D eigenvalue weighted by Crippen LogP contribution is -2.40. The van der Waals surface area contributed by atoms with Crippen LogP contribution >= 0.6 is 0 Å². The maximum Gasteiger partial charge on any atom is 0.326 e. The van der Waals surface area contributed by atoms with Crippen LogP contribution < -0.4 is 31.9 Å². The third-order valence-electron chi connectivity index (χ3n) is 5.28. The summed E-state index contributed by atoms with van der Waals surface area (Å²) in [4.78, 5) is 87.0. The highest BCUT2D eigenvalue weighted by molar-refractivity contribution is 5.82. The van der Waals surface area contributed by atoms with Crippen molar-refractivity contribution in [3.05, 3.63) is 0 Å². The molecule has 0 aromatic carbocycles. The van der Waals surface area contributed by atoms with Crippen LogP contribution in [0.2, 0.25) is 4.24 Å². The SMILES string of the molecule is [2H]C(C)(NC(C)=O)C([2H])([2H])C(C)C.[2H]C([2H])([2H])C(C)C([2H])([2H])C([2H])(NC(C)=O)C(=O)O.[2H]C([2H])([2H])C(C)CC(NC(C)=O)C(=O)O.[2H]N(C(C)=O)C([2H])(C)C([2H])([2H])C(C)C.[2H]N(C(C)=O)C([2H])(C)C([2H])([2H])C(C)C([2H])([2H])[2H].[2H]N(C(C)=O)C([2H])(C)C([2H])([2H])C([2H])(C)C([2H])([2H])[2H]. The van der Waals surface area contributed by atoms with E-state index >= 15 is 0 Å². The van der Waals surface area contributed by atoms with Gasteiger partial charge in [0.1, 0.15) is 12.1 Å². The van der Waals surface area contributed by atoms with E-state index in [1.807, 2.05) is 0 Å². The normalized spacial score (nSPS) is 26.7. The first-order chi connectivity index (χ1) is 40.9. The van der Waals surface area contributed by atoms with E-state index in [1.165, 1.54) is 34.6 Å². The number of carboxylic acids is 2. The Hall–Kier alpha value is -4.24. The van der Waals surface area contributed by atoms with Crippen molar-refractivity contribution in [3.8, 4) is 0 Å². The first-order valence-corrected chi connectivity index (χ1v) is 19.6. The Labute approximate surface area is 433 Å². The second-order valence-electron chi connectivity index (χ2n) is 14.1. The highest BCUT2D eigenvalue weighted by Gasteiger charge is 2.20. The second-order valence-corrected chi connectivity index (χ2v) is 14.1. The predicted octanol–water partition coefficient (Wildman–Crippen LogP) is 7.47. The summed E-state index contributed by atoms with van der Waals surface area (Å²) in [7, 11) is 0. The molecule has 64 heavy (non-hydrogen) atoms. The molecule has 0 heterocycles. The lowest BCUT2D eigenvalue weighted by Gasteiger charge is -2.14. The summed E-state index contributed by atoms with van der Waals surface area (Å²) >= 11 is 0. The van der Waals surface area contributed by atoms with Gasteiger partial charge in [-0.3, -0.25) is 28.8 Å². The van der Waals surface area contributed by atoms with Crippen molar-refractivity contribution >= 4 is 47.4 Å². The van der Waals surface area contributed by atoms with Crippen molar-refractivity contribution in [2.24, 2.45) is 35.5 Å². The van der Waals surface area contributed by atoms with Crippen molar-refractivity contribution in [1.82, 2.24) is 31.9 Å². The standard InChI is InChI=1S/2C8H15NO3.4C8H17NO/c2*1-5(2)4-7(8(11)12)9-6(3)10;4*1-6(2)5-7(3)9-8(4)10/h2*5,7H,4H2,1-3H3,(H,9,10)(H,11,12);4*6-7H,5H2,1-4H3,(H,9,10)/i1D3,4D2,7D;1D3;1D3,5D2,6D,7D;1D3,5D2,7D;2*5D2,7D/hD3. The first-order valence-electron chi connectivity index (χ1n) is 35.0. The molecule has 0 saturated carbocycles. The molecule has 0 rings (SSSR count). The first kappa shape index (κ1) is 28.7. The van der Waals surface area contributed by atoms with Gasteiger partial charge < -0.3 is 42.1 Å². The molecule has 10 unspecified atom stereocenters. The Kier molecular flexibility index (Phi) is 19.2. The van der Waals surface area contributed by atoms with Crippen LogP contribution in [0.3, 0.4) is 0 Å². The van der Waals surface area contributed by atoms with E-state index in [9.17, 15) is 38.4 Å². The minimum absolute atomic E-state index is 0.0472. The molecule has 6 amide bonds. The summed E-state index contributed by atoms with van der Waals surface area (Å²) in [6.07, 6.45) is -12.2. The van der Waals surface area contributed by atoms with E-state index < -0.39 is 166 Å². The fourth-order valence-corrected chi connectivity index (χ4v) is 3.90. The van der Waals surface area contributed by atoms with Gasteiger partial charge in [0.05, 0.1) is 6.85 Å². The van der Waals surface area contributed by atoms with E-state index in [2.05, 4.69) is 10.6 Å². The molecule has 0 aromatic rings. The Bertz CT molecular complexity index is 2540. The zero-order chi connectivity index (χ0) is 79.1. The van der Waals surface area contributed by atoms with Crippen LogP contribution in [0.15, 0.2) is 0 Å². The average molecular weight is 951 g/mol. The van der Waals surface area contributed by atoms with Crippen LogP contribution in [0.1, 0.15) is 229 Å². The van der Waals surface area contributed by atoms with E-state index in [0.717, 1.165) is 62.3 Å². The molecular formula is C48H98N6O10. The van der Waals surface area contributed by atoms with Crippen LogP contribution in [-0.2, 0) is 38.4 Å². The molecule has 380 valence electrons. The van der Waals surface area contributed by atoms with E-state index in [0.29, 0.717) is 5.31 Å². The number of nitrogens with one attached hydrogen (secondary N) is 6. The van der Waals surface area contributed by atoms with Crippen LogP contribution in [0.25, 0.3) is 0 Å². The average Bonchev–Trinajstić information content (AvgIpc) is 0.748. The molecule has 0 saturated heterocycles. The van der Waals surface area contributed by atoms with Gasteiger partial charge in [-0.2, -0.15) is 0 Å². The molecule has 0 radical (unpaired) electrons. The fourth-order valence-electron chi connectivity index (χ4n) is 3.90. The minimum atomic E-state index is -3.06. The quantitative estimate of drug-likeness (QED) is 0.0598. The highest BCUT2D eigenvalue weighted by atomic mass is 16.4. The van der Waals surface area contributed by atoms with Gasteiger partial charge in [-0.25, -0.2) is 9.59 Å². The molecule has 0 aliphatic heterocycles. The number of carbonyl (C=O) groups is 8. The van der Waals surface area contributed by atoms with Gasteiger partial charge in [-0.1, -0.05) is 82.8 Å². The van der Waals surface area contributed by atoms with Crippen molar-refractivity contribution in [1.29, 1.82) is 0 Å². The van der Waals surface area contributed by atoms with Gasteiger partial charge in [0, 0.05) is 97.1 Å². The van der Waals surface area contributed by atoms with Gasteiger partial charge in [0.25, 0.3) is 0 Å². The molecule has 16 heteroatoms. The number of aliphatic carboxylic acids is 2. The smallest absolute Gasteiger partial charge is 0.326 e. The molecule has 8 N–H and O–H groups in total. The van der Waals surface area contributed by atoms with Crippen LogP contribution in [-0.4, -0.2) is 93.7 Å². The van der Waals surface area contributed by atoms with Crippen molar-refractivity contribution in [2.75, 3.05) is 0 Å². The third-order valence-corrected chi connectivity index (χ3v) is 5.28. The Morgan fingerprint density at radius 3 is 1.08 bits per heavy atom. The van der Waals surface area contributed by atoms with Crippen molar-refractivity contribution < 1.29 is 91.2 Å². The second kappa shape index (κ2) is 42.7. The van der Waals surface area contributed by atoms with E-state index in [1.54, 1.807) is 33.0 Å². The monoisotopic (exact) mass is 950 g/mol. The largest absolute Gasteiger partial charge is 0.480 e. The molecule has 10 atom stereocenters. The van der Waals surface area contributed by atoms with Gasteiger partial charge in [0.2, 0.25) is 35.4 Å². The third kappa shape index (κ3) is 69.5. The minimum Gasteiger partial charge on any atom is -0.480 e. The predicted molar refractivity (Wildman–Crippen MR) is 260 cm³/mol. The lowest BCUT2D eigenvalue weighted by atomic mass is 10.0. The number of hydrogen-bond donors (Lipinski definition) is 8. The molecule has 0 fully saturated rings. The molecule has 0 aromatic heterocycles. The van der Waals surface area contributed by atoms with Crippen molar-refractivity contribution in [3.63, 3.8) is 0 Å². The Morgan fingerprint density at radius 1 is 0.438 bits per heavy atom. The maximum absolute atomic E-state index is 11.1. The molecule has 0 aliphatic carbocycles. The number of rotatable bonds is 20. The topological polar surface area (TPSA) is 249 Å². The zero-order valence-corrected chi connectivity index (χ0v) is 40.7. The van der Waals surface area contributed by atoms with Crippen LogP contribution in [0.5, 0.6) is 0 Å². The van der Waals surface area contributed by atoms with Gasteiger partial charge >= 0.3 is 11.9 Å². The molecule has 0 bridgehead atoms. The highest BCUT2D eigenvalue weighted by Crippen LogP contribution is 2.07. The maximum atomic E-state index is 11.1. The van der Waals surface area contributed by atoms with Gasteiger partial charge in [-0.15, -0.1) is 0 Å². The Balaban J connectivity index is -0.000000251. The lowest BCUT2D eigenvalue weighted by molar-refractivity contribution is -0.142. The number of carboxylic acid groups (broad SMARTS) is 2. The number of hydrogen-bond acceptors (Lipinski definition) is 8. The molecular weight excluding hydrogens is 821 g/mol. The fraction of sp³-hybridized carbons (Fsp3) is 0.833. The van der Waals surface area contributed by atoms with Gasteiger partial charge in [0.15, 0.2) is 4.24 Å². The van der Waals surface area contributed by atoms with Crippen LogP contribution in [0, 0.1) is 35.5 Å². The summed E-state index contributed by atoms with van der Waals surface area (Å²) in [6, 6.07) is -12.4. The van der Waals surface area contributed by atoms with E-state index in [4.69, 9.17) is 52.8 Å². The zero-order valence-electron chi connectivity index (χ0n) is 71.7. The molecule has 0 spiro atoms. The van der Waals surface area contributed by atoms with Gasteiger partial charge in [-0.05, 0) is 101 Å². The summed E-state index contributed by atoms with van der Waals surface area (Å²) < 4.78 is 231. The van der Waals surface area contributed by atoms with Crippen LogP contribution in [0.4, 0.5) is 0 Å². The number of carbonyl (C=O) groups excluding carboxylic acids is 6. The summed E-state index contributed by atoms with van der Waals surface area (Å²) in [6.45, 7) is 11.5. The van der Waals surface area contributed by atoms with E-state index in [-0.39, 0.29) is 28.9 Å². The summed E-state index contributed by atoms with van der Waals surface area (Å²) in [5.41, 5.74) is 0. The Morgan fingerprint density at radius 2 is 0.781 bits per heavy atom. The summed E-state index contributed by atoms with van der Waals surface area (Å²) in [5, 5.41) is 24.4. The number of amides is 6. The van der Waals surface area contributed by atoms with Crippen molar-refractivity contribution in [2.45, 2.75) is 226 Å². The summed E-state index contributed by atoms with van der Waals surface area (Å²) in [5.74, 6) is -14.7. The molecule has 0 aliphatic rings.